The molecule has 2 rings (SSSR count). The van der Waals surface area contributed by atoms with Gasteiger partial charge < -0.3 is 9.47 Å². The molecule has 0 radical (unpaired) electrons. The highest BCUT2D eigenvalue weighted by Gasteiger charge is 2.37. The average Bonchev–Trinajstić information content (AvgIpc) is 2.47. The van der Waals surface area contributed by atoms with E-state index in [2.05, 4.69) is 22.9 Å². The Balaban J connectivity index is 2.39. The van der Waals surface area contributed by atoms with Crippen LogP contribution in [-0.2, 0) is 0 Å². The molecule has 0 heterocycles. The Morgan fingerprint density at radius 2 is 1.70 bits per heavy atom. The van der Waals surface area contributed by atoms with Crippen LogP contribution in [0.4, 0.5) is 0 Å². The van der Waals surface area contributed by atoms with Crippen LogP contribution in [-0.4, -0.2) is 14.2 Å². The summed E-state index contributed by atoms with van der Waals surface area (Å²) in [6, 6.07) is 3.94. The van der Waals surface area contributed by atoms with Crippen LogP contribution in [0.2, 0.25) is 0 Å². The Labute approximate surface area is 134 Å². The van der Waals surface area contributed by atoms with Crippen molar-refractivity contribution in [2.24, 2.45) is 5.41 Å². The van der Waals surface area contributed by atoms with Crippen molar-refractivity contribution < 1.29 is 9.47 Å². The summed E-state index contributed by atoms with van der Waals surface area (Å²) < 4.78 is 11.8. The fourth-order valence-corrected chi connectivity index (χ4v) is 3.94. The van der Waals surface area contributed by atoms with Gasteiger partial charge in [0.1, 0.15) is 11.5 Å². The van der Waals surface area contributed by atoms with Crippen LogP contribution in [0.3, 0.4) is 0 Å². The molecule has 1 aromatic carbocycles. The average molecular weight is 362 g/mol. The quantitative estimate of drug-likeness (QED) is 0.639. The zero-order valence-electron chi connectivity index (χ0n) is 12.3. The first-order valence-electron chi connectivity index (χ1n) is 7.07. The summed E-state index contributed by atoms with van der Waals surface area (Å²) in [5.41, 5.74) is 1.16. The molecule has 1 aromatic rings. The molecule has 4 heteroatoms. The number of methoxy groups -OCH3 is 2. The van der Waals surface area contributed by atoms with Gasteiger partial charge in [0.25, 0.3) is 0 Å². The van der Waals surface area contributed by atoms with E-state index < -0.39 is 0 Å². The number of halogens is 2. The van der Waals surface area contributed by atoms with E-state index in [1.165, 1.54) is 32.1 Å². The number of alkyl halides is 1. The van der Waals surface area contributed by atoms with Crippen LogP contribution in [0.1, 0.15) is 50.0 Å². The molecule has 2 nitrogen and oxygen atoms in total. The third kappa shape index (κ3) is 3.09. The maximum Gasteiger partial charge on any atom is 0.133 e. The van der Waals surface area contributed by atoms with Crippen LogP contribution in [0, 0.1) is 5.41 Å². The van der Waals surface area contributed by atoms with Gasteiger partial charge in [0.15, 0.2) is 0 Å². The van der Waals surface area contributed by atoms with Gasteiger partial charge in [-0.15, -0.1) is 11.6 Å². The molecular weight excluding hydrogens is 340 g/mol. The first-order chi connectivity index (χ1) is 9.51. The molecule has 0 N–H and O–H groups in total. The Morgan fingerprint density at radius 3 is 2.25 bits per heavy atom. The van der Waals surface area contributed by atoms with Crippen LogP contribution in [0.25, 0.3) is 0 Å². The summed E-state index contributed by atoms with van der Waals surface area (Å²) in [5.74, 6) is 1.62. The van der Waals surface area contributed by atoms with Crippen molar-refractivity contribution in [1.29, 1.82) is 0 Å². The summed E-state index contributed by atoms with van der Waals surface area (Å²) >= 11 is 10.3. The van der Waals surface area contributed by atoms with Gasteiger partial charge in [-0.05, 0) is 46.3 Å². The number of ether oxygens (including phenoxy) is 2. The second kappa shape index (κ2) is 6.57. The van der Waals surface area contributed by atoms with Crippen LogP contribution in [0.15, 0.2) is 16.6 Å². The van der Waals surface area contributed by atoms with Crippen molar-refractivity contribution in [3.8, 4) is 11.5 Å². The topological polar surface area (TPSA) is 18.5 Å². The minimum absolute atomic E-state index is 0.0558. The molecule has 1 unspecified atom stereocenters. The highest BCUT2D eigenvalue weighted by atomic mass is 79.9. The van der Waals surface area contributed by atoms with E-state index >= 15 is 0 Å². The molecule has 1 aliphatic rings. The second-order valence-corrected chi connectivity index (χ2v) is 7.10. The fraction of sp³-hybridized carbons (Fsp3) is 0.625. The molecule has 0 spiro atoms. The fourth-order valence-electron chi connectivity index (χ4n) is 3.07. The van der Waals surface area contributed by atoms with E-state index in [0.29, 0.717) is 0 Å². The Bertz CT molecular complexity index is 470. The monoisotopic (exact) mass is 360 g/mol. The summed E-state index contributed by atoms with van der Waals surface area (Å²) in [4.78, 5) is 0. The molecule has 0 aromatic heterocycles. The lowest BCUT2D eigenvalue weighted by atomic mass is 9.71. The second-order valence-electron chi connectivity index (χ2n) is 5.81. The smallest absolute Gasteiger partial charge is 0.133 e. The molecule has 1 atom stereocenters. The first kappa shape index (κ1) is 16.0. The van der Waals surface area contributed by atoms with Crippen molar-refractivity contribution in [3.63, 3.8) is 0 Å². The molecule has 1 aliphatic carbocycles. The third-order valence-electron chi connectivity index (χ3n) is 4.38. The lowest BCUT2D eigenvalue weighted by Crippen LogP contribution is -2.25. The lowest BCUT2D eigenvalue weighted by Gasteiger charge is -2.38. The molecule has 1 fully saturated rings. The van der Waals surface area contributed by atoms with E-state index in [4.69, 9.17) is 21.1 Å². The summed E-state index contributed by atoms with van der Waals surface area (Å²) in [6.45, 7) is 2.29. The lowest BCUT2D eigenvalue weighted by molar-refractivity contribution is 0.204. The number of benzene rings is 1. The van der Waals surface area contributed by atoms with Crippen molar-refractivity contribution in [3.05, 3.63) is 22.2 Å². The maximum absolute atomic E-state index is 6.84. The minimum atomic E-state index is -0.0558. The van der Waals surface area contributed by atoms with Crippen LogP contribution < -0.4 is 9.47 Å². The molecule has 0 saturated heterocycles. The van der Waals surface area contributed by atoms with Crippen molar-refractivity contribution in [2.75, 3.05) is 14.2 Å². The summed E-state index contributed by atoms with van der Waals surface area (Å²) in [7, 11) is 3.35. The van der Waals surface area contributed by atoms with E-state index in [1.54, 1.807) is 14.2 Å². The molecule has 0 amide bonds. The number of hydrogen-bond donors (Lipinski definition) is 0. The van der Waals surface area contributed by atoms with E-state index in [0.717, 1.165) is 21.5 Å². The molecular formula is C16H22BrClO2. The Kier molecular flexibility index (Phi) is 5.25. The standard InChI is InChI=1S/C16H22BrClO2/c1-16(7-5-4-6-8-16)15(18)11-9-14(20-3)12(17)10-13(11)19-2/h9-10,15H,4-8H2,1-3H3. The Hall–Kier alpha value is -0.410. The highest BCUT2D eigenvalue weighted by molar-refractivity contribution is 9.10. The predicted molar refractivity (Wildman–Crippen MR) is 87.0 cm³/mol. The van der Waals surface area contributed by atoms with Gasteiger partial charge in [-0.25, -0.2) is 0 Å². The maximum atomic E-state index is 6.84. The van der Waals surface area contributed by atoms with Crippen molar-refractivity contribution in [2.45, 2.75) is 44.4 Å². The summed E-state index contributed by atoms with van der Waals surface area (Å²) in [6.07, 6.45) is 6.18. The Morgan fingerprint density at radius 1 is 1.10 bits per heavy atom. The predicted octanol–water partition coefficient (Wildman–Crippen LogP) is 5.72. The van der Waals surface area contributed by atoms with Gasteiger partial charge in [0.2, 0.25) is 0 Å². The van der Waals surface area contributed by atoms with E-state index in [1.807, 2.05) is 12.1 Å². The van der Waals surface area contributed by atoms with Crippen LogP contribution >= 0.6 is 27.5 Å². The largest absolute Gasteiger partial charge is 0.496 e. The van der Waals surface area contributed by atoms with Gasteiger partial charge in [0, 0.05) is 5.56 Å². The van der Waals surface area contributed by atoms with E-state index in [9.17, 15) is 0 Å². The normalized spacial score (nSPS) is 19.4. The van der Waals surface area contributed by atoms with Crippen LogP contribution in [0.5, 0.6) is 11.5 Å². The molecule has 20 heavy (non-hydrogen) atoms. The zero-order chi connectivity index (χ0) is 14.8. The summed E-state index contributed by atoms with van der Waals surface area (Å²) in [5, 5.41) is -0.0558. The first-order valence-corrected chi connectivity index (χ1v) is 8.30. The minimum Gasteiger partial charge on any atom is -0.496 e. The number of rotatable bonds is 4. The molecule has 1 saturated carbocycles. The van der Waals surface area contributed by atoms with Gasteiger partial charge in [-0.3, -0.25) is 0 Å². The van der Waals surface area contributed by atoms with Gasteiger partial charge in [-0.1, -0.05) is 26.2 Å². The van der Waals surface area contributed by atoms with E-state index in [-0.39, 0.29) is 10.8 Å². The highest BCUT2D eigenvalue weighted by Crippen LogP contribution is 2.52. The van der Waals surface area contributed by atoms with Gasteiger partial charge in [-0.2, -0.15) is 0 Å². The SMILES string of the molecule is COc1cc(C(Cl)C2(C)CCCCC2)c(OC)cc1Br. The number of hydrogen-bond acceptors (Lipinski definition) is 2. The zero-order valence-corrected chi connectivity index (χ0v) is 14.7. The van der Waals surface area contributed by atoms with Gasteiger partial charge >= 0.3 is 0 Å². The molecule has 0 aliphatic heterocycles. The van der Waals surface area contributed by atoms with Gasteiger partial charge in [0.05, 0.1) is 24.1 Å². The third-order valence-corrected chi connectivity index (χ3v) is 5.77. The van der Waals surface area contributed by atoms with Crippen molar-refractivity contribution in [1.82, 2.24) is 0 Å². The van der Waals surface area contributed by atoms with Crippen molar-refractivity contribution >= 4 is 27.5 Å². The molecule has 112 valence electrons. The molecule has 0 bridgehead atoms.